The third-order valence-corrected chi connectivity index (χ3v) is 4.93. The Morgan fingerprint density at radius 3 is 2.32 bits per heavy atom. The summed E-state index contributed by atoms with van der Waals surface area (Å²) in [7, 11) is 3.26. The number of carbonyl (C=O) groups excluding carboxylic acids is 2. The molecule has 0 bridgehead atoms. The van der Waals surface area contributed by atoms with Gasteiger partial charge in [0.05, 0.1) is 20.8 Å². The maximum Gasteiger partial charge on any atom is 0.321 e. The van der Waals surface area contributed by atoms with Gasteiger partial charge in [-0.05, 0) is 31.0 Å². The lowest BCUT2D eigenvalue weighted by molar-refractivity contribution is -0.121. The first-order chi connectivity index (χ1) is 13.4. The smallest absolute Gasteiger partial charge is 0.321 e. The van der Waals surface area contributed by atoms with E-state index in [0.717, 1.165) is 56.2 Å². The Kier molecular flexibility index (Phi) is 8.53. The average Bonchev–Trinajstić information content (AvgIpc) is 2.69. The van der Waals surface area contributed by atoms with E-state index in [9.17, 15) is 9.59 Å². The number of rotatable bonds is 8. The van der Waals surface area contributed by atoms with Gasteiger partial charge in [-0.15, -0.1) is 0 Å². The van der Waals surface area contributed by atoms with E-state index in [1.807, 2.05) is 32.0 Å². The van der Waals surface area contributed by atoms with Gasteiger partial charge in [-0.3, -0.25) is 19.9 Å². The Morgan fingerprint density at radius 1 is 1.07 bits per heavy atom. The van der Waals surface area contributed by atoms with Gasteiger partial charge in [0.1, 0.15) is 0 Å². The molecule has 2 rings (SSSR count). The Balaban J connectivity index is 1.75. The zero-order valence-corrected chi connectivity index (χ0v) is 17.3. The molecule has 8 heteroatoms. The molecule has 1 aromatic carbocycles. The van der Waals surface area contributed by atoms with Crippen LogP contribution in [0.5, 0.6) is 11.5 Å². The number of ether oxygens (including phenoxy) is 2. The first kappa shape index (κ1) is 22.0. The maximum absolute atomic E-state index is 12.0. The topological polar surface area (TPSA) is 83.1 Å². The van der Waals surface area contributed by atoms with Gasteiger partial charge in [-0.2, -0.15) is 0 Å². The molecule has 0 radical (unpaired) electrons. The highest BCUT2D eigenvalue weighted by Crippen LogP contribution is 2.28. The lowest BCUT2D eigenvalue weighted by Gasteiger charge is -2.34. The number of carbonyl (C=O) groups is 2. The number of nitrogens with one attached hydrogen (secondary N) is 2. The van der Waals surface area contributed by atoms with Crippen molar-refractivity contribution in [3.05, 3.63) is 23.8 Å². The van der Waals surface area contributed by atoms with Crippen molar-refractivity contribution in [1.29, 1.82) is 0 Å². The van der Waals surface area contributed by atoms with Gasteiger partial charge in [0, 0.05) is 38.8 Å². The number of amides is 3. The van der Waals surface area contributed by atoms with Crippen molar-refractivity contribution in [2.45, 2.75) is 32.9 Å². The molecule has 156 valence electrons. The molecule has 1 aliphatic rings. The molecule has 0 aliphatic carbocycles. The largest absolute Gasteiger partial charge is 0.493 e. The first-order valence-corrected chi connectivity index (χ1v) is 9.71. The molecule has 1 saturated heterocycles. The molecule has 1 aliphatic heterocycles. The molecule has 0 aromatic heterocycles. The fourth-order valence-corrected chi connectivity index (χ4v) is 3.07. The van der Waals surface area contributed by atoms with Crippen LogP contribution in [0, 0.1) is 0 Å². The van der Waals surface area contributed by atoms with Crippen LogP contribution in [-0.2, 0) is 11.3 Å². The van der Waals surface area contributed by atoms with Crippen LogP contribution in [0.4, 0.5) is 4.79 Å². The van der Waals surface area contributed by atoms with Gasteiger partial charge in [0.15, 0.2) is 11.5 Å². The Hall–Kier alpha value is -2.32. The molecular formula is C20H32N4O4. The standard InChI is InChI=1S/C20H32N4O4/c1-5-15(2)21-20(26)22-19(25)14-24-10-8-23(9-11-24)13-16-6-7-17(27-3)18(12-16)28-4/h6-7,12,15H,5,8-11,13-14H2,1-4H3,(H2,21,22,25,26)/t15-/m1/s1. The van der Waals surface area contributed by atoms with Gasteiger partial charge in [-0.25, -0.2) is 4.79 Å². The predicted octanol–water partition coefficient (Wildman–Crippen LogP) is 1.45. The van der Waals surface area contributed by atoms with Gasteiger partial charge in [-0.1, -0.05) is 13.0 Å². The predicted molar refractivity (Wildman–Crippen MR) is 108 cm³/mol. The van der Waals surface area contributed by atoms with Crippen LogP contribution >= 0.6 is 0 Å². The summed E-state index contributed by atoms with van der Waals surface area (Å²) in [6.07, 6.45) is 0.823. The molecular weight excluding hydrogens is 360 g/mol. The number of nitrogens with zero attached hydrogens (tertiary/aromatic N) is 2. The Bertz CT molecular complexity index is 660. The average molecular weight is 393 g/mol. The van der Waals surface area contributed by atoms with Crippen molar-refractivity contribution in [3.63, 3.8) is 0 Å². The summed E-state index contributed by atoms with van der Waals surface area (Å²) in [6.45, 7) is 8.23. The maximum atomic E-state index is 12.0. The van der Waals surface area contributed by atoms with E-state index >= 15 is 0 Å². The van der Waals surface area contributed by atoms with E-state index in [1.165, 1.54) is 0 Å². The van der Waals surface area contributed by atoms with Crippen molar-refractivity contribution in [2.24, 2.45) is 0 Å². The lowest BCUT2D eigenvalue weighted by atomic mass is 10.1. The summed E-state index contributed by atoms with van der Waals surface area (Å²) in [5.41, 5.74) is 1.16. The quantitative estimate of drug-likeness (QED) is 0.697. The molecule has 0 spiro atoms. The van der Waals surface area contributed by atoms with Gasteiger partial charge < -0.3 is 14.8 Å². The highest BCUT2D eigenvalue weighted by molar-refractivity contribution is 5.95. The summed E-state index contributed by atoms with van der Waals surface area (Å²) in [6, 6.07) is 5.57. The van der Waals surface area contributed by atoms with Crippen molar-refractivity contribution in [3.8, 4) is 11.5 Å². The van der Waals surface area contributed by atoms with Crippen LogP contribution in [0.15, 0.2) is 18.2 Å². The van der Waals surface area contributed by atoms with Gasteiger partial charge in [0.25, 0.3) is 0 Å². The number of piperazine rings is 1. The molecule has 3 amide bonds. The Labute approximate surface area is 167 Å². The minimum Gasteiger partial charge on any atom is -0.493 e. The van der Waals surface area contributed by atoms with E-state index in [4.69, 9.17) is 9.47 Å². The highest BCUT2D eigenvalue weighted by atomic mass is 16.5. The molecule has 8 nitrogen and oxygen atoms in total. The summed E-state index contributed by atoms with van der Waals surface area (Å²) < 4.78 is 10.6. The molecule has 0 unspecified atom stereocenters. The molecule has 0 saturated carbocycles. The minimum absolute atomic E-state index is 0.0490. The minimum atomic E-state index is -0.425. The van der Waals surface area contributed by atoms with Gasteiger partial charge in [0.2, 0.25) is 5.91 Å². The SMILES string of the molecule is CC[C@@H](C)NC(=O)NC(=O)CN1CCN(Cc2ccc(OC)c(OC)c2)CC1. The second-order valence-corrected chi connectivity index (χ2v) is 7.07. The van der Waals surface area contributed by atoms with Crippen LogP contribution in [-0.4, -0.2) is 74.7 Å². The van der Waals surface area contributed by atoms with Crippen molar-refractivity contribution < 1.29 is 19.1 Å². The Morgan fingerprint density at radius 2 is 1.71 bits per heavy atom. The van der Waals surface area contributed by atoms with E-state index in [2.05, 4.69) is 20.4 Å². The van der Waals surface area contributed by atoms with E-state index in [-0.39, 0.29) is 18.5 Å². The molecule has 1 fully saturated rings. The number of hydrogen-bond donors (Lipinski definition) is 2. The fourth-order valence-electron chi connectivity index (χ4n) is 3.07. The molecule has 1 atom stereocenters. The van der Waals surface area contributed by atoms with Crippen molar-refractivity contribution in [1.82, 2.24) is 20.4 Å². The summed E-state index contributed by atoms with van der Waals surface area (Å²) in [5, 5.41) is 5.13. The number of hydrogen-bond acceptors (Lipinski definition) is 6. The third-order valence-electron chi connectivity index (χ3n) is 4.93. The zero-order chi connectivity index (χ0) is 20.5. The second kappa shape index (κ2) is 10.9. The number of methoxy groups -OCH3 is 2. The monoisotopic (exact) mass is 392 g/mol. The molecule has 1 aromatic rings. The van der Waals surface area contributed by atoms with Crippen molar-refractivity contribution >= 4 is 11.9 Å². The zero-order valence-electron chi connectivity index (χ0n) is 17.3. The second-order valence-electron chi connectivity index (χ2n) is 7.07. The van der Waals surface area contributed by atoms with Gasteiger partial charge >= 0.3 is 6.03 Å². The van der Waals surface area contributed by atoms with Crippen LogP contribution in [0.1, 0.15) is 25.8 Å². The summed E-state index contributed by atoms with van der Waals surface area (Å²) >= 11 is 0. The van der Waals surface area contributed by atoms with E-state index in [0.29, 0.717) is 0 Å². The fraction of sp³-hybridized carbons (Fsp3) is 0.600. The summed E-state index contributed by atoms with van der Waals surface area (Å²) in [5.74, 6) is 1.18. The van der Waals surface area contributed by atoms with E-state index in [1.54, 1.807) is 14.2 Å². The highest BCUT2D eigenvalue weighted by Gasteiger charge is 2.20. The molecule has 2 N–H and O–H groups in total. The van der Waals surface area contributed by atoms with Crippen molar-refractivity contribution in [2.75, 3.05) is 46.9 Å². The van der Waals surface area contributed by atoms with Crippen LogP contribution in [0.25, 0.3) is 0 Å². The summed E-state index contributed by atoms with van der Waals surface area (Å²) in [4.78, 5) is 28.2. The van der Waals surface area contributed by atoms with Crippen LogP contribution in [0.2, 0.25) is 0 Å². The first-order valence-electron chi connectivity index (χ1n) is 9.71. The number of urea groups is 1. The molecule has 1 heterocycles. The van der Waals surface area contributed by atoms with Crippen LogP contribution in [0.3, 0.4) is 0 Å². The van der Waals surface area contributed by atoms with Crippen LogP contribution < -0.4 is 20.1 Å². The number of benzene rings is 1. The normalized spacial score (nSPS) is 16.3. The third kappa shape index (κ3) is 6.69. The lowest BCUT2D eigenvalue weighted by Crippen LogP contribution is -2.51. The molecule has 28 heavy (non-hydrogen) atoms. The van der Waals surface area contributed by atoms with E-state index < -0.39 is 6.03 Å². The number of imide groups is 1.